The van der Waals surface area contributed by atoms with Crippen molar-refractivity contribution in [2.24, 2.45) is 5.73 Å². The maximum atomic E-state index is 11.5. The minimum atomic E-state index is -0.0976. The van der Waals surface area contributed by atoms with Gasteiger partial charge in [-0.2, -0.15) is 0 Å². The number of carbonyl (C=O) groups is 1. The number of benzene rings is 1. The molecule has 0 aliphatic rings. The van der Waals surface area contributed by atoms with Gasteiger partial charge in [-0.1, -0.05) is 32.0 Å². The van der Waals surface area contributed by atoms with Gasteiger partial charge in [-0.3, -0.25) is 4.79 Å². The normalized spacial score (nSPS) is 11.5. The van der Waals surface area contributed by atoms with Crippen molar-refractivity contribution >= 4 is 5.78 Å². The van der Waals surface area contributed by atoms with Gasteiger partial charge in [-0.15, -0.1) is 0 Å². The van der Waals surface area contributed by atoms with E-state index >= 15 is 0 Å². The Morgan fingerprint density at radius 2 is 2.12 bits per heavy atom. The molecule has 3 heteroatoms. The number of hydrogen-bond acceptors (Lipinski definition) is 3. The van der Waals surface area contributed by atoms with Crippen LogP contribution in [0.2, 0.25) is 0 Å². The maximum absolute atomic E-state index is 11.5. The highest BCUT2D eigenvalue weighted by Gasteiger charge is 2.21. The van der Waals surface area contributed by atoms with Crippen LogP contribution < -0.4 is 5.73 Å². The van der Waals surface area contributed by atoms with Crippen LogP contribution in [0.3, 0.4) is 0 Å². The summed E-state index contributed by atoms with van der Waals surface area (Å²) in [5.74, 6) is -0.0323. The monoisotopic (exact) mass is 221 g/mol. The fourth-order valence-electron chi connectivity index (χ4n) is 1.68. The second-order valence-electron chi connectivity index (χ2n) is 4.53. The predicted molar refractivity (Wildman–Crippen MR) is 64.7 cm³/mol. The number of methoxy groups -OCH3 is 1. The molecule has 0 spiro atoms. The molecule has 0 bridgehead atoms. The Labute approximate surface area is 96.6 Å². The SMILES string of the molecule is COCC(C)(C)c1cccc(C(=O)CN)c1. The molecule has 0 amide bonds. The van der Waals surface area contributed by atoms with E-state index in [1.807, 2.05) is 18.2 Å². The zero-order valence-corrected chi connectivity index (χ0v) is 10.1. The lowest BCUT2D eigenvalue weighted by Crippen LogP contribution is -2.24. The lowest BCUT2D eigenvalue weighted by atomic mass is 9.84. The number of ketones is 1. The topological polar surface area (TPSA) is 52.3 Å². The molecule has 0 aliphatic carbocycles. The summed E-state index contributed by atoms with van der Waals surface area (Å²) in [6.07, 6.45) is 0. The van der Waals surface area contributed by atoms with Crippen molar-refractivity contribution in [3.63, 3.8) is 0 Å². The van der Waals surface area contributed by atoms with Crippen LogP contribution in [0.1, 0.15) is 29.8 Å². The zero-order chi connectivity index (χ0) is 12.2. The van der Waals surface area contributed by atoms with E-state index in [9.17, 15) is 4.79 Å². The van der Waals surface area contributed by atoms with E-state index in [1.54, 1.807) is 13.2 Å². The van der Waals surface area contributed by atoms with Crippen molar-refractivity contribution in [1.29, 1.82) is 0 Å². The van der Waals surface area contributed by atoms with E-state index in [0.29, 0.717) is 12.2 Å². The summed E-state index contributed by atoms with van der Waals surface area (Å²) < 4.78 is 5.18. The van der Waals surface area contributed by atoms with Crippen LogP contribution in [-0.4, -0.2) is 26.0 Å². The van der Waals surface area contributed by atoms with Crippen LogP contribution in [0.4, 0.5) is 0 Å². The molecule has 0 atom stereocenters. The van der Waals surface area contributed by atoms with Gasteiger partial charge in [0.1, 0.15) is 0 Å². The Hall–Kier alpha value is -1.19. The molecule has 0 saturated carbocycles. The van der Waals surface area contributed by atoms with Gasteiger partial charge in [0.05, 0.1) is 13.2 Å². The molecule has 0 unspecified atom stereocenters. The van der Waals surface area contributed by atoms with E-state index in [0.717, 1.165) is 5.56 Å². The molecule has 3 nitrogen and oxygen atoms in total. The lowest BCUT2D eigenvalue weighted by molar-refractivity contribution is 0.100. The highest BCUT2D eigenvalue weighted by Crippen LogP contribution is 2.24. The van der Waals surface area contributed by atoms with E-state index in [-0.39, 0.29) is 17.7 Å². The van der Waals surface area contributed by atoms with Gasteiger partial charge in [0.15, 0.2) is 5.78 Å². The minimum Gasteiger partial charge on any atom is -0.384 e. The summed E-state index contributed by atoms with van der Waals surface area (Å²) in [5.41, 5.74) is 7.01. The number of carbonyl (C=O) groups excluding carboxylic acids is 1. The van der Waals surface area contributed by atoms with Crippen molar-refractivity contribution in [2.75, 3.05) is 20.3 Å². The van der Waals surface area contributed by atoms with Crippen LogP contribution in [0.5, 0.6) is 0 Å². The van der Waals surface area contributed by atoms with E-state index < -0.39 is 0 Å². The highest BCUT2D eigenvalue weighted by molar-refractivity contribution is 5.97. The second-order valence-corrected chi connectivity index (χ2v) is 4.53. The number of Topliss-reactive ketones (excluding diaryl/α,β-unsaturated/α-hetero) is 1. The van der Waals surface area contributed by atoms with Gasteiger partial charge in [0.25, 0.3) is 0 Å². The van der Waals surface area contributed by atoms with Crippen LogP contribution in [0.15, 0.2) is 24.3 Å². The largest absolute Gasteiger partial charge is 0.384 e. The fraction of sp³-hybridized carbons (Fsp3) is 0.462. The standard InChI is InChI=1S/C13H19NO2/c1-13(2,9-16-3)11-6-4-5-10(7-11)12(15)8-14/h4-7H,8-9,14H2,1-3H3. The van der Waals surface area contributed by atoms with Crippen molar-refractivity contribution < 1.29 is 9.53 Å². The van der Waals surface area contributed by atoms with Gasteiger partial charge < -0.3 is 10.5 Å². The first-order valence-electron chi connectivity index (χ1n) is 5.34. The third-order valence-corrected chi connectivity index (χ3v) is 2.66. The summed E-state index contributed by atoms with van der Waals surface area (Å²) in [6, 6.07) is 7.58. The molecule has 0 aromatic heterocycles. The molecule has 0 fully saturated rings. The van der Waals surface area contributed by atoms with Crippen LogP contribution in [0.25, 0.3) is 0 Å². The molecule has 0 saturated heterocycles. The summed E-state index contributed by atoms with van der Waals surface area (Å²) in [4.78, 5) is 11.5. The van der Waals surface area contributed by atoms with Crippen LogP contribution in [0, 0.1) is 0 Å². The molecule has 0 aliphatic heterocycles. The number of ether oxygens (including phenoxy) is 1. The second kappa shape index (κ2) is 5.23. The number of nitrogens with two attached hydrogens (primary N) is 1. The highest BCUT2D eigenvalue weighted by atomic mass is 16.5. The Morgan fingerprint density at radius 1 is 1.44 bits per heavy atom. The number of rotatable bonds is 5. The van der Waals surface area contributed by atoms with Gasteiger partial charge in [0.2, 0.25) is 0 Å². The predicted octanol–water partition coefficient (Wildman–Crippen LogP) is 1.75. The maximum Gasteiger partial charge on any atom is 0.176 e. The third kappa shape index (κ3) is 2.90. The van der Waals surface area contributed by atoms with Crippen LogP contribution in [-0.2, 0) is 10.2 Å². The van der Waals surface area contributed by atoms with Crippen molar-refractivity contribution in [3.8, 4) is 0 Å². The van der Waals surface area contributed by atoms with Crippen molar-refractivity contribution in [2.45, 2.75) is 19.3 Å². The summed E-state index contributed by atoms with van der Waals surface area (Å²) in [5, 5.41) is 0. The molecular formula is C13H19NO2. The molecule has 0 heterocycles. The minimum absolute atomic E-state index is 0.0323. The number of hydrogen-bond donors (Lipinski definition) is 1. The Bertz CT molecular complexity index is 372. The fourth-order valence-corrected chi connectivity index (χ4v) is 1.68. The average molecular weight is 221 g/mol. The molecule has 1 rings (SSSR count). The summed E-state index contributed by atoms with van der Waals surface area (Å²) in [7, 11) is 1.68. The van der Waals surface area contributed by atoms with Crippen LogP contribution >= 0.6 is 0 Å². The van der Waals surface area contributed by atoms with Gasteiger partial charge >= 0.3 is 0 Å². The molecule has 0 radical (unpaired) electrons. The molecule has 16 heavy (non-hydrogen) atoms. The summed E-state index contributed by atoms with van der Waals surface area (Å²) >= 11 is 0. The third-order valence-electron chi connectivity index (χ3n) is 2.66. The first-order chi connectivity index (χ1) is 7.51. The van der Waals surface area contributed by atoms with Crippen molar-refractivity contribution in [3.05, 3.63) is 35.4 Å². The van der Waals surface area contributed by atoms with Gasteiger partial charge in [-0.25, -0.2) is 0 Å². The average Bonchev–Trinajstić information content (AvgIpc) is 2.28. The Balaban J connectivity index is 3.02. The first kappa shape index (κ1) is 12.9. The van der Waals surface area contributed by atoms with Gasteiger partial charge in [-0.05, 0) is 11.6 Å². The molecule has 88 valence electrons. The zero-order valence-electron chi connectivity index (χ0n) is 10.1. The lowest BCUT2D eigenvalue weighted by Gasteiger charge is -2.24. The molecule has 1 aromatic rings. The smallest absolute Gasteiger partial charge is 0.176 e. The Kier molecular flexibility index (Phi) is 4.21. The summed E-state index contributed by atoms with van der Waals surface area (Å²) in [6.45, 7) is 4.84. The van der Waals surface area contributed by atoms with Crippen molar-refractivity contribution in [1.82, 2.24) is 0 Å². The molecule has 2 N–H and O–H groups in total. The molecule has 1 aromatic carbocycles. The Morgan fingerprint density at radius 3 is 2.69 bits per heavy atom. The first-order valence-corrected chi connectivity index (χ1v) is 5.34. The van der Waals surface area contributed by atoms with Gasteiger partial charge in [0, 0.05) is 18.1 Å². The van der Waals surface area contributed by atoms with E-state index in [4.69, 9.17) is 10.5 Å². The molecular weight excluding hydrogens is 202 g/mol. The van der Waals surface area contributed by atoms with E-state index in [1.165, 1.54) is 0 Å². The quantitative estimate of drug-likeness (QED) is 0.771. The van der Waals surface area contributed by atoms with E-state index in [2.05, 4.69) is 13.8 Å².